The standard InChI is InChI=1S/C14H13BrCl2N2/c1-18-13(12-6-5-10(15)8-19-12)7-9-3-2-4-11(16)14(9)17/h2-6,8,13,18H,7H2,1H3. The zero-order valence-corrected chi connectivity index (χ0v) is 13.4. The predicted molar refractivity (Wildman–Crippen MR) is 83.9 cm³/mol. The topological polar surface area (TPSA) is 24.9 Å². The molecular weight excluding hydrogens is 347 g/mol. The van der Waals surface area contributed by atoms with Crippen LogP contribution >= 0.6 is 39.1 Å². The van der Waals surface area contributed by atoms with Crippen molar-refractivity contribution in [1.82, 2.24) is 10.3 Å². The summed E-state index contributed by atoms with van der Waals surface area (Å²) in [5, 5.41) is 4.45. The average molecular weight is 360 g/mol. The molecule has 2 rings (SSSR count). The maximum Gasteiger partial charge on any atom is 0.0625 e. The molecule has 5 heteroatoms. The summed E-state index contributed by atoms with van der Waals surface area (Å²) >= 11 is 15.6. The molecule has 1 aromatic carbocycles. The van der Waals surface area contributed by atoms with Gasteiger partial charge in [0.05, 0.1) is 21.8 Å². The van der Waals surface area contributed by atoms with Crippen LogP contribution in [-0.4, -0.2) is 12.0 Å². The van der Waals surface area contributed by atoms with Gasteiger partial charge in [0.2, 0.25) is 0 Å². The van der Waals surface area contributed by atoms with E-state index in [-0.39, 0.29) is 6.04 Å². The first-order chi connectivity index (χ1) is 9.11. The summed E-state index contributed by atoms with van der Waals surface area (Å²) in [6.07, 6.45) is 2.53. The molecule has 0 aliphatic rings. The van der Waals surface area contributed by atoms with E-state index in [0.29, 0.717) is 10.0 Å². The molecule has 1 atom stereocenters. The summed E-state index contributed by atoms with van der Waals surface area (Å²) < 4.78 is 0.965. The Labute approximate surface area is 131 Å². The zero-order chi connectivity index (χ0) is 13.8. The minimum Gasteiger partial charge on any atom is -0.311 e. The molecule has 0 aliphatic carbocycles. The molecule has 0 aliphatic heterocycles. The van der Waals surface area contributed by atoms with E-state index in [4.69, 9.17) is 23.2 Å². The molecule has 0 saturated heterocycles. The van der Waals surface area contributed by atoms with E-state index in [1.54, 1.807) is 12.3 Å². The second-order valence-electron chi connectivity index (χ2n) is 4.16. The third-order valence-electron chi connectivity index (χ3n) is 2.91. The number of pyridine rings is 1. The van der Waals surface area contributed by atoms with Crippen molar-refractivity contribution >= 4 is 39.1 Å². The Kier molecular flexibility index (Phi) is 5.22. The van der Waals surface area contributed by atoms with Gasteiger partial charge in [-0.15, -0.1) is 0 Å². The lowest BCUT2D eigenvalue weighted by Gasteiger charge is -2.17. The number of aromatic nitrogens is 1. The highest BCUT2D eigenvalue weighted by atomic mass is 79.9. The van der Waals surface area contributed by atoms with Crippen LogP contribution < -0.4 is 5.32 Å². The summed E-state index contributed by atoms with van der Waals surface area (Å²) in [6.45, 7) is 0. The number of hydrogen-bond donors (Lipinski definition) is 1. The monoisotopic (exact) mass is 358 g/mol. The SMILES string of the molecule is CNC(Cc1cccc(Cl)c1Cl)c1ccc(Br)cn1. The first-order valence-electron chi connectivity index (χ1n) is 5.83. The first-order valence-corrected chi connectivity index (χ1v) is 7.38. The van der Waals surface area contributed by atoms with Crippen LogP contribution in [-0.2, 0) is 6.42 Å². The fourth-order valence-corrected chi connectivity index (χ4v) is 2.51. The maximum absolute atomic E-state index is 6.22. The molecular formula is C14H13BrCl2N2. The summed E-state index contributed by atoms with van der Waals surface area (Å²) in [4.78, 5) is 4.41. The van der Waals surface area contributed by atoms with Crippen molar-refractivity contribution in [1.29, 1.82) is 0 Å². The molecule has 100 valence electrons. The minimum atomic E-state index is 0.101. The van der Waals surface area contributed by atoms with Crippen molar-refractivity contribution in [3.05, 3.63) is 62.3 Å². The van der Waals surface area contributed by atoms with E-state index in [9.17, 15) is 0 Å². The van der Waals surface area contributed by atoms with Gasteiger partial charge in [-0.2, -0.15) is 0 Å². The molecule has 0 saturated carbocycles. The fraction of sp³-hybridized carbons (Fsp3) is 0.214. The van der Waals surface area contributed by atoms with E-state index in [1.165, 1.54) is 0 Å². The van der Waals surface area contributed by atoms with Crippen LogP contribution in [0.1, 0.15) is 17.3 Å². The third-order valence-corrected chi connectivity index (χ3v) is 4.24. The Balaban J connectivity index is 2.24. The smallest absolute Gasteiger partial charge is 0.0625 e. The van der Waals surface area contributed by atoms with Crippen LogP contribution in [0, 0.1) is 0 Å². The lowest BCUT2D eigenvalue weighted by atomic mass is 10.0. The van der Waals surface area contributed by atoms with Crippen molar-refractivity contribution in [2.45, 2.75) is 12.5 Å². The third kappa shape index (κ3) is 3.69. The van der Waals surface area contributed by atoms with E-state index in [0.717, 1.165) is 22.2 Å². The number of benzene rings is 1. The van der Waals surface area contributed by atoms with Gasteiger partial charge >= 0.3 is 0 Å². The van der Waals surface area contributed by atoms with Gasteiger partial charge in [-0.1, -0.05) is 35.3 Å². The van der Waals surface area contributed by atoms with Crippen molar-refractivity contribution in [3.63, 3.8) is 0 Å². The average Bonchev–Trinajstić information content (AvgIpc) is 2.42. The number of halogens is 3. The van der Waals surface area contributed by atoms with Gasteiger partial charge in [0.25, 0.3) is 0 Å². The van der Waals surface area contributed by atoms with Gasteiger partial charge in [0.15, 0.2) is 0 Å². The van der Waals surface area contributed by atoms with Gasteiger partial charge in [-0.05, 0) is 53.2 Å². The molecule has 0 fully saturated rings. The highest BCUT2D eigenvalue weighted by molar-refractivity contribution is 9.10. The highest BCUT2D eigenvalue weighted by Gasteiger charge is 2.14. The molecule has 2 nitrogen and oxygen atoms in total. The van der Waals surface area contributed by atoms with Gasteiger partial charge < -0.3 is 5.32 Å². The molecule has 1 aromatic heterocycles. The van der Waals surface area contributed by atoms with Crippen molar-refractivity contribution in [2.75, 3.05) is 7.05 Å². The predicted octanol–water partition coefficient (Wildman–Crippen LogP) is 4.65. The van der Waals surface area contributed by atoms with Crippen LogP contribution in [0.15, 0.2) is 41.0 Å². The maximum atomic E-state index is 6.22. The van der Waals surface area contributed by atoms with Crippen molar-refractivity contribution in [2.24, 2.45) is 0 Å². The van der Waals surface area contributed by atoms with E-state index >= 15 is 0 Å². The number of nitrogens with one attached hydrogen (secondary N) is 1. The molecule has 2 aromatic rings. The Morgan fingerprint density at radius 1 is 1.26 bits per heavy atom. The Bertz CT molecular complexity index is 558. The zero-order valence-electron chi connectivity index (χ0n) is 10.3. The van der Waals surface area contributed by atoms with Crippen LogP contribution in [0.25, 0.3) is 0 Å². The van der Waals surface area contributed by atoms with Crippen molar-refractivity contribution in [3.8, 4) is 0 Å². The lowest BCUT2D eigenvalue weighted by molar-refractivity contribution is 0.576. The highest BCUT2D eigenvalue weighted by Crippen LogP contribution is 2.28. The lowest BCUT2D eigenvalue weighted by Crippen LogP contribution is -2.20. The summed E-state index contributed by atoms with van der Waals surface area (Å²) in [5.41, 5.74) is 1.99. The van der Waals surface area contributed by atoms with Gasteiger partial charge in [-0.3, -0.25) is 4.98 Å². The quantitative estimate of drug-likeness (QED) is 0.859. The Hall–Kier alpha value is -0.610. The van der Waals surface area contributed by atoms with Gasteiger partial charge in [-0.25, -0.2) is 0 Å². The second kappa shape index (κ2) is 6.71. The summed E-state index contributed by atoms with van der Waals surface area (Å²) in [5.74, 6) is 0. The van der Waals surface area contributed by atoms with Crippen LogP contribution in [0.4, 0.5) is 0 Å². The molecule has 1 N–H and O–H groups in total. The summed E-state index contributed by atoms with van der Waals surface area (Å²) in [7, 11) is 1.91. The number of hydrogen-bond acceptors (Lipinski definition) is 2. The molecule has 0 bridgehead atoms. The van der Waals surface area contributed by atoms with Gasteiger partial charge in [0.1, 0.15) is 0 Å². The largest absolute Gasteiger partial charge is 0.311 e. The Morgan fingerprint density at radius 3 is 2.68 bits per heavy atom. The minimum absolute atomic E-state index is 0.101. The molecule has 19 heavy (non-hydrogen) atoms. The van der Waals surface area contributed by atoms with Crippen LogP contribution in [0.2, 0.25) is 10.0 Å². The van der Waals surface area contributed by atoms with E-state index < -0.39 is 0 Å². The van der Waals surface area contributed by atoms with Crippen LogP contribution in [0.5, 0.6) is 0 Å². The van der Waals surface area contributed by atoms with Gasteiger partial charge in [0, 0.05) is 10.7 Å². The second-order valence-corrected chi connectivity index (χ2v) is 5.86. The molecule has 0 spiro atoms. The van der Waals surface area contributed by atoms with Crippen molar-refractivity contribution < 1.29 is 0 Å². The van der Waals surface area contributed by atoms with Crippen LogP contribution in [0.3, 0.4) is 0 Å². The number of likely N-dealkylation sites (N-methyl/N-ethyl adjacent to an activating group) is 1. The molecule has 0 radical (unpaired) electrons. The van der Waals surface area contributed by atoms with E-state index in [1.807, 2.05) is 31.3 Å². The Morgan fingerprint density at radius 2 is 2.05 bits per heavy atom. The fourth-order valence-electron chi connectivity index (χ4n) is 1.87. The molecule has 1 heterocycles. The summed E-state index contributed by atoms with van der Waals surface area (Å²) in [6, 6.07) is 9.75. The normalized spacial score (nSPS) is 12.4. The molecule has 1 unspecified atom stereocenters. The van der Waals surface area contributed by atoms with E-state index in [2.05, 4.69) is 26.2 Å². The number of rotatable bonds is 4. The first kappa shape index (κ1) is 14.8. The number of nitrogens with zero attached hydrogens (tertiary/aromatic N) is 1. The molecule has 0 amide bonds.